The third-order valence-corrected chi connectivity index (χ3v) is 20.3. The monoisotopic (exact) mass is 1120 g/mol. The molecule has 420 valence electrons. The number of nitrogens with zero attached hydrogens (tertiary/aromatic N) is 10. The van der Waals surface area contributed by atoms with E-state index >= 15 is 0 Å². The van der Waals surface area contributed by atoms with E-state index in [2.05, 4.69) is 88.7 Å². The fourth-order valence-electron chi connectivity index (χ4n) is 12.6. The molecule has 5 N–H and O–H groups in total. The van der Waals surface area contributed by atoms with Crippen LogP contribution in [0, 0.1) is 18.4 Å². The lowest BCUT2D eigenvalue weighted by Crippen LogP contribution is -2.38. The molecule has 8 aromatic rings. The summed E-state index contributed by atoms with van der Waals surface area (Å²) in [7, 11) is -2.55. The summed E-state index contributed by atoms with van der Waals surface area (Å²) in [6, 6.07) is 31.5. The van der Waals surface area contributed by atoms with Gasteiger partial charge < -0.3 is 31.2 Å². The zero-order valence-corrected chi connectivity index (χ0v) is 49.8. The largest absolute Gasteiger partial charge is 0.383 e. The first-order chi connectivity index (χ1) is 39.1. The summed E-state index contributed by atoms with van der Waals surface area (Å²) in [6.07, 6.45) is 17.6. The van der Waals surface area contributed by atoms with Crippen LogP contribution >= 0.6 is 0 Å². The average molecular weight is 1120 g/mol. The van der Waals surface area contributed by atoms with Gasteiger partial charge in [-0.25, -0.2) is 19.3 Å². The highest BCUT2D eigenvalue weighted by Crippen LogP contribution is 2.51. The topological polar surface area (TPSA) is 193 Å². The number of pyridine rings is 2. The molecule has 2 aromatic carbocycles. The molecule has 2 aliphatic carbocycles. The maximum absolute atomic E-state index is 12.4. The van der Waals surface area contributed by atoms with Gasteiger partial charge in [0, 0.05) is 93.1 Å². The third kappa shape index (κ3) is 12.5. The Morgan fingerprint density at radius 2 is 1.14 bits per heavy atom. The molecule has 0 radical (unpaired) electrons. The molecule has 12 rings (SSSR count). The number of anilines is 2. The van der Waals surface area contributed by atoms with Crippen molar-refractivity contribution in [2.24, 2.45) is 17.6 Å². The van der Waals surface area contributed by atoms with Crippen molar-refractivity contribution in [3.05, 3.63) is 138 Å². The Kier molecular flexibility index (Phi) is 16.3. The molecule has 81 heavy (non-hydrogen) atoms. The number of benzene rings is 2. The van der Waals surface area contributed by atoms with Gasteiger partial charge in [0.1, 0.15) is 30.7 Å². The molecule has 4 fully saturated rings. The van der Waals surface area contributed by atoms with Gasteiger partial charge >= 0.3 is 0 Å². The highest BCUT2D eigenvalue weighted by atomic mass is 28.3. The number of hydrogen-bond acceptors (Lipinski definition) is 12. The van der Waals surface area contributed by atoms with Crippen LogP contribution in [0.1, 0.15) is 91.4 Å². The first-order valence-corrected chi connectivity index (χ1v) is 36.4. The number of aromatic nitrogens is 8. The van der Waals surface area contributed by atoms with Crippen molar-refractivity contribution < 1.29 is 14.3 Å². The SMILES string of the molecule is NC(=O)c1c(C2C[C@H]3CC[C@@H](C2)N3)nc2c(-c3ccc(-c4ccccc4)nc3)cnn2c1N.[C-]#[N+]c1c(C2C[C@H]3CC[C@@H](C2)C3)nc2c(-c3ccc(-c4ccccc4)nc3)cnn2c1N(COCC[Si](C)(C)C)COCC[Si](C)(C)C. The van der Waals surface area contributed by atoms with Crippen molar-refractivity contribution in [2.75, 3.05) is 37.3 Å². The summed E-state index contributed by atoms with van der Waals surface area (Å²) >= 11 is 0. The number of carbonyl (C=O) groups is 1. The second-order valence-electron chi connectivity index (χ2n) is 25.3. The summed E-state index contributed by atoms with van der Waals surface area (Å²) in [4.78, 5) is 38.5. The maximum Gasteiger partial charge on any atom is 0.254 e. The maximum atomic E-state index is 12.4. The second kappa shape index (κ2) is 23.7. The van der Waals surface area contributed by atoms with E-state index in [4.69, 9.17) is 47.6 Å². The van der Waals surface area contributed by atoms with Gasteiger partial charge in [-0.2, -0.15) is 14.7 Å². The molecule has 6 atom stereocenters. The molecule has 1 amide bonds. The van der Waals surface area contributed by atoms with Gasteiger partial charge in [0.25, 0.3) is 5.91 Å². The van der Waals surface area contributed by atoms with Gasteiger partial charge in [-0.3, -0.25) is 14.8 Å². The Balaban J connectivity index is 0.000000182. The van der Waals surface area contributed by atoms with Gasteiger partial charge in [-0.05, 0) is 86.9 Å². The summed E-state index contributed by atoms with van der Waals surface area (Å²) in [6.45, 7) is 24.8. The molecule has 18 heteroatoms. The van der Waals surface area contributed by atoms with Crippen LogP contribution in [-0.4, -0.2) is 100.0 Å². The molecule has 4 aliphatic rings. The predicted molar refractivity (Wildman–Crippen MR) is 328 cm³/mol. The van der Waals surface area contributed by atoms with Crippen molar-refractivity contribution >= 4 is 50.7 Å². The number of nitrogen functional groups attached to an aromatic ring is 1. The molecule has 0 spiro atoms. The van der Waals surface area contributed by atoms with Crippen LogP contribution in [0.15, 0.2) is 110 Å². The average Bonchev–Trinajstić information content (AvgIpc) is 4.49. The number of ether oxygens (including phenoxy) is 2. The number of nitrogens with two attached hydrogens (primary N) is 2. The van der Waals surface area contributed by atoms with Gasteiger partial charge in [0.15, 0.2) is 11.3 Å². The minimum Gasteiger partial charge on any atom is -0.383 e. The standard InChI is InChI=1S/C38H52N6O2Si2.C25H25N7O/c1-39-36-35(32-22-28-13-14-29(21-28)23-32)42-37-33(31-15-16-34(40-24-31)30-11-9-8-10-12-30)25-41-44(37)38(36)43(26-45-17-19-47(2,3)4)27-46-18-20-48(5,6)7;26-23-21(24(27)33)22(16-10-17-7-8-18(11-16)30-17)31-25-19(13-29-32(23)25)15-6-9-20(28-12-15)14-4-2-1-3-5-14/h8-12,15-16,24-25,28-29,32H,13-14,17-23,26-27H2,2-7H3;1-6,9,12-13,16-18,30H,7-8,10-11,26H2,(H2,27,33)/t28-,29+,32?;16?,17-,18+. The van der Waals surface area contributed by atoms with E-state index in [-0.39, 0.29) is 17.7 Å². The van der Waals surface area contributed by atoms with E-state index in [1.807, 2.05) is 83.8 Å². The van der Waals surface area contributed by atoms with E-state index in [1.165, 1.54) is 23.8 Å². The highest BCUT2D eigenvalue weighted by Gasteiger charge is 2.39. The fourth-order valence-corrected chi connectivity index (χ4v) is 14.1. The van der Waals surface area contributed by atoms with Crippen LogP contribution in [0.5, 0.6) is 0 Å². The van der Waals surface area contributed by atoms with Crippen LogP contribution in [0.2, 0.25) is 51.4 Å². The van der Waals surface area contributed by atoms with Gasteiger partial charge in [-0.15, -0.1) is 0 Å². The van der Waals surface area contributed by atoms with Crippen molar-refractivity contribution in [1.82, 2.24) is 44.5 Å². The Labute approximate surface area is 478 Å². The fraction of sp³-hybridized carbons (Fsp3) is 0.429. The Morgan fingerprint density at radius 3 is 1.62 bits per heavy atom. The lowest BCUT2D eigenvalue weighted by atomic mass is 9.79. The minimum atomic E-state index is -1.27. The van der Waals surface area contributed by atoms with Crippen LogP contribution in [0.4, 0.5) is 17.3 Å². The summed E-state index contributed by atoms with van der Waals surface area (Å²) in [5.41, 5.74) is 23.6. The highest BCUT2D eigenvalue weighted by molar-refractivity contribution is 6.76. The molecule has 2 unspecified atom stereocenters. The molecule has 6 aromatic heterocycles. The molecule has 8 heterocycles. The number of rotatable bonds is 18. The van der Waals surface area contributed by atoms with Crippen LogP contribution in [0.25, 0.3) is 60.9 Å². The number of amides is 1. The number of primary amides is 1. The zero-order chi connectivity index (χ0) is 56.4. The normalized spacial score (nSPS) is 20.5. The van der Waals surface area contributed by atoms with Crippen LogP contribution in [0.3, 0.4) is 0 Å². The quantitative estimate of drug-likeness (QED) is 0.0319. The van der Waals surface area contributed by atoms with Crippen LogP contribution in [-0.2, 0) is 9.47 Å². The minimum absolute atomic E-state index is 0.139. The molecular weight excluding hydrogens is 1040 g/mol. The molecule has 2 saturated carbocycles. The van der Waals surface area contributed by atoms with Crippen molar-refractivity contribution in [3.63, 3.8) is 0 Å². The number of carbonyl (C=O) groups excluding carboxylic acids is 1. The summed E-state index contributed by atoms with van der Waals surface area (Å²) < 4.78 is 16.1. The van der Waals surface area contributed by atoms with Crippen molar-refractivity contribution in [3.8, 4) is 44.8 Å². The van der Waals surface area contributed by atoms with Gasteiger partial charge in [0.05, 0.1) is 41.7 Å². The van der Waals surface area contributed by atoms with Gasteiger partial charge in [0.2, 0.25) is 5.69 Å². The van der Waals surface area contributed by atoms with E-state index in [1.54, 1.807) is 6.20 Å². The Hall–Kier alpha value is -7.15. The first-order valence-electron chi connectivity index (χ1n) is 29.0. The summed E-state index contributed by atoms with van der Waals surface area (Å²) in [5, 5.41) is 13.0. The van der Waals surface area contributed by atoms with Crippen molar-refractivity contribution in [2.45, 2.75) is 133 Å². The number of fused-ring (bicyclic) bond motifs is 6. The van der Waals surface area contributed by atoms with E-state index in [9.17, 15) is 4.79 Å². The first kappa shape index (κ1) is 55.7. The van der Waals surface area contributed by atoms with Gasteiger partial charge in [-0.1, -0.05) is 125 Å². The smallest absolute Gasteiger partial charge is 0.254 e. The van der Waals surface area contributed by atoms with Crippen LogP contribution < -0.4 is 21.7 Å². The number of hydrogen-bond donors (Lipinski definition) is 3. The predicted octanol–water partition coefficient (Wildman–Crippen LogP) is 12.9. The van der Waals surface area contributed by atoms with Crippen molar-refractivity contribution in [1.29, 1.82) is 0 Å². The van der Waals surface area contributed by atoms with E-state index in [0.717, 1.165) is 124 Å². The number of nitrogens with one attached hydrogen (secondary N) is 1. The molecule has 4 bridgehead atoms. The Bertz CT molecular complexity index is 3490. The van der Waals surface area contributed by atoms with E-state index in [0.29, 0.717) is 61.4 Å². The molecule has 2 saturated heterocycles. The summed E-state index contributed by atoms with van der Waals surface area (Å²) in [5.74, 6) is 2.25. The second-order valence-corrected chi connectivity index (χ2v) is 36.6. The number of piperidine rings is 1. The molecular formula is C63H77N13O3Si2. The zero-order valence-electron chi connectivity index (χ0n) is 47.8. The Morgan fingerprint density at radius 1 is 0.642 bits per heavy atom. The molecule has 16 nitrogen and oxygen atoms in total. The lowest BCUT2D eigenvalue weighted by Gasteiger charge is -2.31. The van der Waals surface area contributed by atoms with E-state index < -0.39 is 22.1 Å². The third-order valence-electron chi connectivity index (χ3n) is 16.9. The lowest BCUT2D eigenvalue weighted by molar-refractivity contribution is 0.0943. The molecule has 2 aliphatic heterocycles.